The summed E-state index contributed by atoms with van der Waals surface area (Å²) >= 11 is 0. The molecule has 4 rings (SSSR count). The third-order valence-electron chi connectivity index (χ3n) is 8.74. The lowest BCUT2D eigenvalue weighted by atomic mass is 9.94. The lowest BCUT2D eigenvalue weighted by Crippen LogP contribution is -2.70. The van der Waals surface area contributed by atoms with Crippen LogP contribution in [0.2, 0.25) is 0 Å². The van der Waals surface area contributed by atoms with Crippen LogP contribution >= 0.6 is 0 Å². The van der Waals surface area contributed by atoms with E-state index in [4.69, 9.17) is 37.9 Å². The fourth-order valence-corrected chi connectivity index (χ4v) is 5.99. The van der Waals surface area contributed by atoms with Crippen molar-refractivity contribution in [2.75, 3.05) is 20.3 Å². The lowest BCUT2D eigenvalue weighted by Gasteiger charge is -2.50. The molecule has 0 aromatic carbocycles. The van der Waals surface area contributed by atoms with Crippen molar-refractivity contribution in [3.05, 3.63) is 0 Å². The van der Waals surface area contributed by atoms with E-state index in [1.165, 1.54) is 27.9 Å². The number of ether oxygens (including phenoxy) is 8. The topological polar surface area (TPSA) is 305 Å². The zero-order valence-corrected chi connectivity index (χ0v) is 26.1. The molecule has 4 fully saturated rings. The van der Waals surface area contributed by atoms with Crippen molar-refractivity contribution in [3.63, 3.8) is 0 Å². The van der Waals surface area contributed by atoms with Crippen molar-refractivity contribution in [1.82, 2.24) is 5.32 Å². The van der Waals surface area contributed by atoms with Gasteiger partial charge in [-0.3, -0.25) is 4.79 Å². The molecule has 20 heteroatoms. The Labute approximate surface area is 269 Å². The molecule has 4 aliphatic heterocycles. The summed E-state index contributed by atoms with van der Waals surface area (Å²) in [4.78, 5) is 12.3. The van der Waals surface area contributed by atoms with E-state index in [1.54, 1.807) is 0 Å². The van der Waals surface area contributed by atoms with Crippen LogP contribution in [0.4, 0.5) is 0 Å². The van der Waals surface area contributed by atoms with Gasteiger partial charge in [-0.1, -0.05) is 0 Å². The van der Waals surface area contributed by atoms with Gasteiger partial charge in [-0.2, -0.15) is 0 Å². The molecule has 0 radical (unpaired) electrons. The third-order valence-corrected chi connectivity index (χ3v) is 8.74. The SMILES string of the molecule is CO[C@@H]1O[C@H](CO)[C@@H](O[C@@H]2O[C@H](CO)[C@H](O)[C@H](O)[C@H]2O[C@@H]2O[C@@H](C)[C@@H](O)[C@@H](O)[C@@H]2O)[C@H](O[C@@H]2O[C@@H](C)[C@@H](O)[C@@H](O)[C@@H]2O)[C@H]1NC(C)=O. The second-order valence-electron chi connectivity index (χ2n) is 12.1. The van der Waals surface area contributed by atoms with E-state index >= 15 is 0 Å². The smallest absolute Gasteiger partial charge is 0.217 e. The van der Waals surface area contributed by atoms with Crippen molar-refractivity contribution in [2.45, 2.75) is 144 Å². The Morgan fingerprint density at radius 1 is 0.574 bits per heavy atom. The highest BCUT2D eigenvalue weighted by Gasteiger charge is 2.56. The van der Waals surface area contributed by atoms with Crippen molar-refractivity contribution in [3.8, 4) is 0 Å². The molecule has 0 aromatic rings. The number of nitrogens with one attached hydrogen (secondary N) is 1. The summed E-state index contributed by atoms with van der Waals surface area (Å²) in [5.41, 5.74) is 0. The van der Waals surface area contributed by atoms with Crippen molar-refractivity contribution in [2.24, 2.45) is 0 Å². The summed E-state index contributed by atoms with van der Waals surface area (Å²) in [6.07, 6.45) is -29.9. The minimum atomic E-state index is -1.89. The zero-order chi connectivity index (χ0) is 34.9. The van der Waals surface area contributed by atoms with Gasteiger partial charge in [0.05, 0.1) is 25.4 Å². The van der Waals surface area contributed by atoms with E-state index in [1.807, 2.05) is 0 Å². The van der Waals surface area contributed by atoms with Crippen molar-refractivity contribution in [1.29, 1.82) is 0 Å². The Hall–Kier alpha value is -1.25. The van der Waals surface area contributed by atoms with Gasteiger partial charge in [-0.25, -0.2) is 0 Å². The lowest BCUT2D eigenvalue weighted by molar-refractivity contribution is -0.392. The molecule has 4 saturated heterocycles. The Balaban J connectivity index is 1.70. The van der Waals surface area contributed by atoms with Crippen LogP contribution in [0.3, 0.4) is 0 Å². The van der Waals surface area contributed by atoms with E-state index in [0.717, 1.165) is 0 Å². The van der Waals surface area contributed by atoms with Gasteiger partial charge < -0.3 is 94.3 Å². The molecule has 11 N–H and O–H groups in total. The first-order chi connectivity index (χ1) is 22.1. The first kappa shape index (κ1) is 38.6. The molecule has 20 nitrogen and oxygen atoms in total. The Bertz CT molecular complexity index is 1010. The molecular formula is C27H47NO19. The van der Waals surface area contributed by atoms with E-state index in [2.05, 4.69) is 5.32 Å². The number of hydrogen-bond donors (Lipinski definition) is 11. The molecule has 0 unspecified atom stereocenters. The predicted molar refractivity (Wildman–Crippen MR) is 147 cm³/mol. The number of aliphatic hydroxyl groups excluding tert-OH is 10. The second-order valence-corrected chi connectivity index (χ2v) is 12.1. The minimum absolute atomic E-state index is 0.600. The summed E-state index contributed by atoms with van der Waals surface area (Å²) in [7, 11) is 1.24. The maximum absolute atomic E-state index is 12.3. The fourth-order valence-electron chi connectivity index (χ4n) is 5.99. The largest absolute Gasteiger partial charge is 0.394 e. The van der Waals surface area contributed by atoms with Crippen molar-refractivity contribution >= 4 is 5.91 Å². The number of hydrogen-bond acceptors (Lipinski definition) is 19. The van der Waals surface area contributed by atoms with Crippen LogP contribution in [0.15, 0.2) is 0 Å². The van der Waals surface area contributed by atoms with Gasteiger partial charge in [0.1, 0.15) is 85.4 Å². The maximum atomic E-state index is 12.3. The van der Waals surface area contributed by atoms with E-state index in [9.17, 15) is 55.9 Å². The van der Waals surface area contributed by atoms with Crippen molar-refractivity contribution < 1.29 is 93.8 Å². The van der Waals surface area contributed by atoms with Gasteiger partial charge in [0, 0.05) is 14.0 Å². The molecule has 274 valence electrons. The van der Waals surface area contributed by atoms with E-state index < -0.39 is 142 Å². The highest BCUT2D eigenvalue weighted by atomic mass is 16.8. The van der Waals surface area contributed by atoms with Crippen LogP contribution in [0.5, 0.6) is 0 Å². The molecule has 1 amide bonds. The summed E-state index contributed by atoms with van der Waals surface area (Å²) in [6, 6.07) is -1.27. The molecule has 0 bridgehead atoms. The quantitative estimate of drug-likeness (QED) is 0.102. The van der Waals surface area contributed by atoms with E-state index in [-0.39, 0.29) is 0 Å². The van der Waals surface area contributed by atoms with Crippen LogP contribution < -0.4 is 5.32 Å². The highest BCUT2D eigenvalue weighted by Crippen LogP contribution is 2.35. The van der Waals surface area contributed by atoms with Gasteiger partial charge in [0.2, 0.25) is 5.91 Å². The number of aliphatic hydroxyl groups is 10. The molecule has 0 saturated carbocycles. The van der Waals surface area contributed by atoms with Crippen LogP contribution in [0.25, 0.3) is 0 Å². The summed E-state index contributed by atoms with van der Waals surface area (Å²) in [6.45, 7) is 2.37. The zero-order valence-electron chi connectivity index (χ0n) is 26.1. The van der Waals surface area contributed by atoms with Gasteiger partial charge in [0.25, 0.3) is 0 Å². The fraction of sp³-hybridized carbons (Fsp3) is 0.963. The number of amides is 1. The van der Waals surface area contributed by atoms with E-state index in [0.29, 0.717) is 0 Å². The Kier molecular flexibility index (Phi) is 13.3. The van der Waals surface area contributed by atoms with Crippen LogP contribution in [0, 0.1) is 0 Å². The molecule has 4 heterocycles. The summed E-state index contributed by atoms with van der Waals surface area (Å²) in [5, 5.41) is 107. The average Bonchev–Trinajstić information content (AvgIpc) is 3.04. The molecule has 20 atom stereocenters. The Morgan fingerprint density at radius 3 is 1.51 bits per heavy atom. The summed E-state index contributed by atoms with van der Waals surface area (Å²) < 4.78 is 46.0. The van der Waals surface area contributed by atoms with Gasteiger partial charge >= 0.3 is 0 Å². The monoisotopic (exact) mass is 689 g/mol. The van der Waals surface area contributed by atoms with Gasteiger partial charge in [-0.05, 0) is 13.8 Å². The Morgan fingerprint density at radius 2 is 1.04 bits per heavy atom. The molecule has 4 aliphatic rings. The number of rotatable bonds is 10. The third kappa shape index (κ3) is 8.06. The number of methoxy groups -OCH3 is 1. The standard InChI is InChI=1S/C27H47NO19/c1-7-13(32)16(35)19(38)25(41-7)46-22-12(28-9(3)31)24(40-4)44-11(6-30)21(22)45-27-23(18(37)15(34)10(5-29)43-27)47-26-20(39)17(36)14(33)8(2)42-26/h7-8,10-27,29-30,32-39H,5-6H2,1-4H3,(H,28,31)/t7-,8-,10+,11+,12+,13+,14+,15-,16+,17+,18-,19-,20-,21+,22+,23+,24+,25-,26-,27-/m0/s1. The first-order valence-corrected chi connectivity index (χ1v) is 15.2. The molecule has 0 aromatic heterocycles. The first-order valence-electron chi connectivity index (χ1n) is 15.2. The summed E-state index contributed by atoms with van der Waals surface area (Å²) in [5.74, 6) is -0.600. The normalized spacial score (nSPS) is 51.0. The molecule has 0 aliphatic carbocycles. The van der Waals surface area contributed by atoms with Gasteiger partial charge in [0.15, 0.2) is 25.2 Å². The van der Waals surface area contributed by atoms with Crippen LogP contribution in [-0.2, 0) is 42.7 Å². The maximum Gasteiger partial charge on any atom is 0.217 e. The highest BCUT2D eigenvalue weighted by molar-refractivity contribution is 5.73. The average molecular weight is 690 g/mol. The van der Waals surface area contributed by atoms with Crippen LogP contribution in [-0.4, -0.2) is 200 Å². The number of carbonyl (C=O) groups excluding carboxylic acids is 1. The van der Waals surface area contributed by atoms with Crippen LogP contribution in [0.1, 0.15) is 20.8 Å². The predicted octanol–water partition coefficient (Wildman–Crippen LogP) is -6.90. The molecule has 0 spiro atoms. The molecular weight excluding hydrogens is 642 g/mol. The molecule has 47 heavy (non-hydrogen) atoms. The minimum Gasteiger partial charge on any atom is -0.394 e. The number of carbonyl (C=O) groups is 1. The van der Waals surface area contributed by atoms with Gasteiger partial charge in [-0.15, -0.1) is 0 Å². The second kappa shape index (κ2) is 16.2.